The molecule has 2 N–H and O–H groups in total. The van der Waals surface area contributed by atoms with Gasteiger partial charge in [0.15, 0.2) is 0 Å². The van der Waals surface area contributed by atoms with E-state index in [2.05, 4.69) is 6.58 Å². The second-order valence-corrected chi connectivity index (χ2v) is 5.95. The monoisotopic (exact) mass is 284 g/mol. The molecule has 1 aliphatic rings. The fourth-order valence-corrected chi connectivity index (χ4v) is 2.60. The molecule has 0 aromatic heterocycles. The summed E-state index contributed by atoms with van der Waals surface area (Å²) >= 11 is 0. The summed E-state index contributed by atoms with van der Waals surface area (Å²) in [6.07, 6.45) is 4.08. The summed E-state index contributed by atoms with van der Waals surface area (Å²) < 4.78 is 5.89. The van der Waals surface area contributed by atoms with Crippen LogP contribution in [0.1, 0.15) is 52.4 Å². The third kappa shape index (κ3) is 5.73. The van der Waals surface area contributed by atoms with Crippen LogP contribution in [0.3, 0.4) is 0 Å². The highest BCUT2D eigenvalue weighted by Crippen LogP contribution is 2.30. The Labute approximate surface area is 121 Å². The summed E-state index contributed by atoms with van der Waals surface area (Å²) in [6, 6.07) is 0. The van der Waals surface area contributed by atoms with Gasteiger partial charge in [0, 0.05) is 12.5 Å². The van der Waals surface area contributed by atoms with E-state index in [0.717, 1.165) is 31.3 Å². The fraction of sp³-hybridized carbons (Fsp3) is 0.812. The molecule has 0 saturated carbocycles. The molecule has 4 heteroatoms. The van der Waals surface area contributed by atoms with Crippen molar-refractivity contribution in [1.29, 1.82) is 0 Å². The number of carbonyl (C=O) groups is 1. The Morgan fingerprint density at radius 1 is 1.50 bits per heavy atom. The quantitative estimate of drug-likeness (QED) is 0.637. The summed E-state index contributed by atoms with van der Waals surface area (Å²) in [6.45, 7) is 7.64. The normalized spacial score (nSPS) is 25.7. The smallest absolute Gasteiger partial charge is 0.132 e. The highest BCUT2D eigenvalue weighted by Gasteiger charge is 2.28. The van der Waals surface area contributed by atoms with Crippen LogP contribution in [-0.2, 0) is 9.53 Å². The van der Waals surface area contributed by atoms with E-state index in [1.54, 1.807) is 6.92 Å². The van der Waals surface area contributed by atoms with Gasteiger partial charge in [-0.3, -0.25) is 4.79 Å². The van der Waals surface area contributed by atoms with E-state index in [1.807, 2.05) is 6.92 Å². The molecule has 4 nitrogen and oxygen atoms in total. The minimum Gasteiger partial charge on any atom is -0.396 e. The first-order valence-corrected chi connectivity index (χ1v) is 7.56. The molecule has 0 radical (unpaired) electrons. The van der Waals surface area contributed by atoms with E-state index < -0.39 is 6.10 Å². The number of aliphatic hydroxyl groups excluding tert-OH is 2. The van der Waals surface area contributed by atoms with Crippen molar-refractivity contribution in [3.8, 4) is 0 Å². The van der Waals surface area contributed by atoms with Crippen molar-refractivity contribution in [3.63, 3.8) is 0 Å². The third-order valence-corrected chi connectivity index (χ3v) is 4.07. The molecule has 0 aromatic rings. The van der Waals surface area contributed by atoms with Gasteiger partial charge in [-0.2, -0.15) is 0 Å². The zero-order valence-electron chi connectivity index (χ0n) is 12.7. The van der Waals surface area contributed by atoms with Crippen molar-refractivity contribution < 1.29 is 19.7 Å². The van der Waals surface area contributed by atoms with Gasteiger partial charge in [0.1, 0.15) is 5.78 Å². The van der Waals surface area contributed by atoms with E-state index in [9.17, 15) is 9.90 Å². The Hall–Kier alpha value is -0.710. The number of hydrogen-bond acceptors (Lipinski definition) is 4. The standard InChI is InChI=1S/C16H28O4/c1-11(13(3)18)9-14(19)6-7-16-12(2)10-15(20-16)5-4-8-17/h11,14-17,19H,2,4-10H2,1,3H3/t11-,14-,15+,16?/m1/s1. The molecule has 1 unspecified atom stereocenters. The number of ketones is 1. The van der Waals surface area contributed by atoms with Gasteiger partial charge in [-0.1, -0.05) is 13.5 Å². The van der Waals surface area contributed by atoms with E-state index in [0.29, 0.717) is 12.8 Å². The Morgan fingerprint density at radius 3 is 2.80 bits per heavy atom. The second-order valence-electron chi connectivity index (χ2n) is 5.95. The molecule has 116 valence electrons. The zero-order chi connectivity index (χ0) is 15.1. The van der Waals surface area contributed by atoms with Crippen LogP contribution in [0.5, 0.6) is 0 Å². The highest BCUT2D eigenvalue weighted by molar-refractivity contribution is 5.77. The van der Waals surface area contributed by atoms with Gasteiger partial charge < -0.3 is 14.9 Å². The van der Waals surface area contributed by atoms with Crippen molar-refractivity contribution in [2.45, 2.75) is 70.7 Å². The minimum atomic E-state index is -0.457. The molecular weight excluding hydrogens is 256 g/mol. The number of Topliss-reactive ketones (excluding diaryl/α,β-unsaturated/α-hetero) is 1. The van der Waals surface area contributed by atoms with Gasteiger partial charge in [-0.15, -0.1) is 0 Å². The molecule has 1 rings (SSSR count). The topological polar surface area (TPSA) is 66.8 Å². The maximum absolute atomic E-state index is 11.2. The third-order valence-electron chi connectivity index (χ3n) is 4.07. The summed E-state index contributed by atoms with van der Waals surface area (Å²) in [5.41, 5.74) is 1.08. The Balaban J connectivity index is 2.27. The van der Waals surface area contributed by atoms with Crippen LogP contribution >= 0.6 is 0 Å². The van der Waals surface area contributed by atoms with Gasteiger partial charge in [0.05, 0.1) is 18.3 Å². The Bertz CT molecular complexity index is 326. The van der Waals surface area contributed by atoms with Gasteiger partial charge in [-0.05, 0) is 51.0 Å². The SMILES string of the molecule is C=C1C[C@H](CCCO)OC1CC[C@@H](O)C[C@@H](C)C(C)=O. The van der Waals surface area contributed by atoms with Crippen LogP contribution in [0.2, 0.25) is 0 Å². The van der Waals surface area contributed by atoms with E-state index in [4.69, 9.17) is 9.84 Å². The summed E-state index contributed by atoms with van der Waals surface area (Å²) in [5.74, 6) is 0.0321. The van der Waals surface area contributed by atoms with Crippen LogP contribution in [-0.4, -0.2) is 40.9 Å². The number of rotatable bonds is 9. The minimum absolute atomic E-state index is 0.0148. The van der Waals surface area contributed by atoms with E-state index in [-0.39, 0.29) is 30.5 Å². The summed E-state index contributed by atoms with van der Waals surface area (Å²) in [7, 11) is 0. The van der Waals surface area contributed by atoms with Crippen molar-refractivity contribution in [2.75, 3.05) is 6.61 Å². The van der Waals surface area contributed by atoms with Crippen LogP contribution in [0.15, 0.2) is 12.2 Å². The molecule has 0 amide bonds. The molecule has 4 atom stereocenters. The van der Waals surface area contributed by atoms with E-state index in [1.165, 1.54) is 0 Å². The van der Waals surface area contributed by atoms with Crippen LogP contribution in [0.25, 0.3) is 0 Å². The maximum atomic E-state index is 11.2. The van der Waals surface area contributed by atoms with Gasteiger partial charge in [0.25, 0.3) is 0 Å². The molecule has 1 saturated heterocycles. The number of carbonyl (C=O) groups excluding carboxylic acids is 1. The van der Waals surface area contributed by atoms with E-state index >= 15 is 0 Å². The van der Waals surface area contributed by atoms with Crippen molar-refractivity contribution in [1.82, 2.24) is 0 Å². The number of aliphatic hydroxyl groups is 2. The van der Waals surface area contributed by atoms with Crippen LogP contribution in [0, 0.1) is 5.92 Å². The fourth-order valence-electron chi connectivity index (χ4n) is 2.60. The average Bonchev–Trinajstić information content (AvgIpc) is 2.74. The van der Waals surface area contributed by atoms with Crippen molar-refractivity contribution in [2.24, 2.45) is 5.92 Å². The summed E-state index contributed by atoms with van der Waals surface area (Å²) in [4.78, 5) is 11.2. The number of ether oxygens (including phenoxy) is 1. The first-order chi connectivity index (χ1) is 9.43. The average molecular weight is 284 g/mol. The lowest BCUT2D eigenvalue weighted by Crippen LogP contribution is -2.19. The lowest BCUT2D eigenvalue weighted by atomic mass is 9.95. The molecule has 20 heavy (non-hydrogen) atoms. The van der Waals surface area contributed by atoms with Gasteiger partial charge >= 0.3 is 0 Å². The van der Waals surface area contributed by atoms with Crippen LogP contribution in [0.4, 0.5) is 0 Å². The molecule has 0 aliphatic carbocycles. The van der Waals surface area contributed by atoms with Gasteiger partial charge in [-0.25, -0.2) is 0 Å². The Kier molecular flexibility index (Phi) is 7.41. The predicted octanol–water partition coefficient (Wildman–Crippen LogP) is 2.23. The highest BCUT2D eigenvalue weighted by atomic mass is 16.5. The van der Waals surface area contributed by atoms with Gasteiger partial charge in [0.2, 0.25) is 0 Å². The first kappa shape index (κ1) is 17.3. The molecule has 1 heterocycles. The van der Waals surface area contributed by atoms with Crippen LogP contribution < -0.4 is 0 Å². The molecule has 0 bridgehead atoms. The zero-order valence-corrected chi connectivity index (χ0v) is 12.7. The molecule has 1 fully saturated rings. The molecule has 0 aromatic carbocycles. The summed E-state index contributed by atoms with van der Waals surface area (Å²) in [5, 5.41) is 18.8. The molecule has 0 spiro atoms. The second kappa shape index (κ2) is 8.55. The largest absolute Gasteiger partial charge is 0.396 e. The Morgan fingerprint density at radius 2 is 2.20 bits per heavy atom. The lowest BCUT2D eigenvalue weighted by molar-refractivity contribution is -0.121. The molecule has 1 aliphatic heterocycles. The number of hydrogen-bond donors (Lipinski definition) is 2. The maximum Gasteiger partial charge on any atom is 0.132 e. The lowest BCUT2D eigenvalue weighted by Gasteiger charge is -2.17. The predicted molar refractivity (Wildman–Crippen MR) is 78.4 cm³/mol. The first-order valence-electron chi connectivity index (χ1n) is 7.56. The van der Waals surface area contributed by atoms with Crippen molar-refractivity contribution >= 4 is 5.78 Å². The molecular formula is C16H28O4. The van der Waals surface area contributed by atoms with Crippen molar-refractivity contribution in [3.05, 3.63) is 12.2 Å².